The summed E-state index contributed by atoms with van der Waals surface area (Å²) in [7, 11) is 0. The average molecular weight is 278 g/mol. The van der Waals surface area contributed by atoms with E-state index in [1.165, 1.54) is 19.3 Å². The zero-order chi connectivity index (χ0) is 15.0. The molecule has 1 aromatic rings. The van der Waals surface area contributed by atoms with Crippen molar-refractivity contribution in [3.8, 4) is 0 Å². The molecular weight excluding hydrogens is 252 g/mol. The molecule has 0 aliphatic heterocycles. The summed E-state index contributed by atoms with van der Waals surface area (Å²) in [5.74, 6) is 5.61. The van der Waals surface area contributed by atoms with Gasteiger partial charge in [-0.15, -0.1) is 0 Å². The first kappa shape index (κ1) is 16.4. The van der Waals surface area contributed by atoms with Gasteiger partial charge in [0.05, 0.1) is 5.56 Å². The van der Waals surface area contributed by atoms with Gasteiger partial charge in [-0.2, -0.15) is 0 Å². The number of nitrogen functional groups attached to an aromatic ring is 1. The monoisotopic (exact) mass is 278 g/mol. The van der Waals surface area contributed by atoms with Gasteiger partial charge < -0.3 is 10.7 Å². The second kappa shape index (κ2) is 7.85. The molecule has 1 aromatic heterocycles. The zero-order valence-electron chi connectivity index (χ0n) is 12.7. The summed E-state index contributed by atoms with van der Waals surface area (Å²) in [6, 6.07) is 3.43. The zero-order valence-corrected chi connectivity index (χ0v) is 12.7. The number of aromatic nitrogens is 1. The fourth-order valence-corrected chi connectivity index (χ4v) is 2.06. The van der Waals surface area contributed by atoms with Gasteiger partial charge in [-0.3, -0.25) is 4.79 Å². The maximum absolute atomic E-state index is 12.2. The van der Waals surface area contributed by atoms with Gasteiger partial charge in [-0.05, 0) is 24.0 Å². The van der Waals surface area contributed by atoms with Gasteiger partial charge in [-0.25, -0.2) is 10.8 Å². The van der Waals surface area contributed by atoms with Crippen LogP contribution in [0.5, 0.6) is 0 Å². The van der Waals surface area contributed by atoms with Gasteiger partial charge in [0.2, 0.25) is 0 Å². The third-order valence-corrected chi connectivity index (χ3v) is 3.37. The number of carbonyl (C=O) groups excluding carboxylic acids is 1. The molecule has 20 heavy (non-hydrogen) atoms. The molecule has 5 nitrogen and oxygen atoms in total. The molecule has 112 valence electrons. The fraction of sp³-hybridized carbons (Fsp3) is 0.600. The molecule has 0 unspecified atom stereocenters. The Hall–Kier alpha value is -1.62. The van der Waals surface area contributed by atoms with E-state index in [0.29, 0.717) is 17.9 Å². The number of nitrogens with zero attached hydrogens (tertiary/aromatic N) is 1. The molecule has 0 bridgehead atoms. The van der Waals surface area contributed by atoms with Gasteiger partial charge in [0.25, 0.3) is 5.91 Å². The first-order chi connectivity index (χ1) is 9.50. The summed E-state index contributed by atoms with van der Waals surface area (Å²) in [5.41, 5.74) is 3.02. The maximum atomic E-state index is 12.2. The normalized spacial score (nSPS) is 11.2. The molecule has 4 N–H and O–H groups in total. The van der Waals surface area contributed by atoms with Crippen molar-refractivity contribution >= 4 is 11.7 Å². The molecule has 0 saturated carbocycles. The van der Waals surface area contributed by atoms with Crippen LogP contribution >= 0.6 is 0 Å². The standard InChI is InChI=1S/C15H26N4O/c1-4-5-6-9-15(2,3)11-18-14(20)12-8-7-10-17-13(12)19-16/h7-8,10H,4-6,9,11,16H2,1-3H3,(H,17,19)(H,18,20). The summed E-state index contributed by atoms with van der Waals surface area (Å²) in [6.45, 7) is 7.19. The van der Waals surface area contributed by atoms with Gasteiger partial charge in [0.1, 0.15) is 0 Å². The third kappa shape index (κ3) is 5.17. The van der Waals surface area contributed by atoms with Crippen LogP contribution in [0.25, 0.3) is 0 Å². The van der Waals surface area contributed by atoms with E-state index in [0.717, 1.165) is 6.42 Å². The summed E-state index contributed by atoms with van der Waals surface area (Å²) in [4.78, 5) is 16.2. The molecule has 5 heteroatoms. The second-order valence-corrected chi connectivity index (χ2v) is 5.85. The first-order valence-electron chi connectivity index (χ1n) is 7.20. The van der Waals surface area contributed by atoms with Crippen LogP contribution in [0.15, 0.2) is 18.3 Å². The van der Waals surface area contributed by atoms with Crippen molar-refractivity contribution < 1.29 is 4.79 Å². The maximum Gasteiger partial charge on any atom is 0.255 e. The average Bonchev–Trinajstić information content (AvgIpc) is 2.45. The van der Waals surface area contributed by atoms with Crippen LogP contribution < -0.4 is 16.6 Å². The summed E-state index contributed by atoms with van der Waals surface area (Å²) in [6.07, 6.45) is 6.35. The van der Waals surface area contributed by atoms with Crippen molar-refractivity contribution in [2.24, 2.45) is 11.3 Å². The minimum atomic E-state index is -0.144. The van der Waals surface area contributed by atoms with Gasteiger partial charge in [0.15, 0.2) is 5.82 Å². The van der Waals surface area contributed by atoms with Gasteiger partial charge >= 0.3 is 0 Å². The Morgan fingerprint density at radius 3 is 2.80 bits per heavy atom. The number of nitrogens with two attached hydrogens (primary N) is 1. The number of rotatable bonds is 8. The van der Waals surface area contributed by atoms with Crippen molar-refractivity contribution in [2.45, 2.75) is 46.5 Å². The van der Waals surface area contributed by atoms with Crippen LogP contribution in [0.3, 0.4) is 0 Å². The lowest BCUT2D eigenvalue weighted by Gasteiger charge is -2.25. The largest absolute Gasteiger partial charge is 0.351 e. The minimum absolute atomic E-state index is 0.101. The highest BCUT2D eigenvalue weighted by molar-refractivity contribution is 5.98. The van der Waals surface area contributed by atoms with Crippen molar-refractivity contribution in [2.75, 3.05) is 12.0 Å². The predicted molar refractivity (Wildman–Crippen MR) is 82.3 cm³/mol. The Morgan fingerprint density at radius 1 is 1.40 bits per heavy atom. The molecular formula is C15H26N4O. The van der Waals surface area contributed by atoms with Crippen LogP contribution in [-0.2, 0) is 0 Å². The highest BCUT2D eigenvalue weighted by atomic mass is 16.1. The lowest BCUT2D eigenvalue weighted by molar-refractivity contribution is 0.0934. The Bertz CT molecular complexity index is 432. The third-order valence-electron chi connectivity index (χ3n) is 3.37. The molecule has 0 aromatic carbocycles. The quantitative estimate of drug-likeness (QED) is 0.388. The summed E-state index contributed by atoms with van der Waals surface area (Å²) in [5, 5.41) is 2.97. The van der Waals surface area contributed by atoms with E-state index in [4.69, 9.17) is 5.84 Å². The van der Waals surface area contributed by atoms with E-state index in [2.05, 4.69) is 36.5 Å². The number of hydrogen-bond donors (Lipinski definition) is 3. The fourth-order valence-electron chi connectivity index (χ4n) is 2.06. The first-order valence-corrected chi connectivity index (χ1v) is 7.20. The molecule has 1 amide bonds. The Kier molecular flexibility index (Phi) is 6.45. The topological polar surface area (TPSA) is 80.0 Å². The second-order valence-electron chi connectivity index (χ2n) is 5.85. The Morgan fingerprint density at radius 2 is 2.15 bits per heavy atom. The van der Waals surface area contributed by atoms with E-state index < -0.39 is 0 Å². The van der Waals surface area contributed by atoms with Crippen LogP contribution in [0, 0.1) is 5.41 Å². The minimum Gasteiger partial charge on any atom is -0.351 e. The predicted octanol–water partition coefficient (Wildman–Crippen LogP) is 2.70. The van der Waals surface area contributed by atoms with Gasteiger partial charge in [-0.1, -0.05) is 40.0 Å². The van der Waals surface area contributed by atoms with Crippen molar-refractivity contribution in [3.63, 3.8) is 0 Å². The van der Waals surface area contributed by atoms with E-state index in [1.54, 1.807) is 18.3 Å². The number of nitrogens with one attached hydrogen (secondary N) is 2. The van der Waals surface area contributed by atoms with E-state index in [9.17, 15) is 4.79 Å². The van der Waals surface area contributed by atoms with E-state index in [-0.39, 0.29) is 11.3 Å². The molecule has 0 radical (unpaired) electrons. The van der Waals surface area contributed by atoms with E-state index >= 15 is 0 Å². The highest BCUT2D eigenvalue weighted by Crippen LogP contribution is 2.23. The van der Waals surface area contributed by atoms with Crippen molar-refractivity contribution in [3.05, 3.63) is 23.9 Å². The number of hydrogen-bond acceptors (Lipinski definition) is 4. The summed E-state index contributed by atoms with van der Waals surface area (Å²) >= 11 is 0. The molecule has 0 aliphatic rings. The van der Waals surface area contributed by atoms with Crippen molar-refractivity contribution in [1.29, 1.82) is 0 Å². The molecule has 0 atom stereocenters. The van der Waals surface area contributed by atoms with Crippen LogP contribution in [0.4, 0.5) is 5.82 Å². The number of amides is 1. The number of pyridine rings is 1. The molecule has 0 fully saturated rings. The van der Waals surface area contributed by atoms with Crippen LogP contribution in [0.2, 0.25) is 0 Å². The Balaban J connectivity index is 2.54. The van der Waals surface area contributed by atoms with Crippen molar-refractivity contribution in [1.82, 2.24) is 10.3 Å². The molecule has 1 rings (SSSR count). The molecule has 0 aliphatic carbocycles. The lowest BCUT2D eigenvalue weighted by Crippen LogP contribution is -2.34. The lowest BCUT2D eigenvalue weighted by atomic mass is 9.87. The number of hydrazine groups is 1. The highest BCUT2D eigenvalue weighted by Gasteiger charge is 2.19. The Labute approximate surface area is 121 Å². The number of anilines is 1. The molecule has 0 spiro atoms. The molecule has 0 saturated heterocycles. The van der Waals surface area contributed by atoms with Crippen LogP contribution in [0.1, 0.15) is 56.8 Å². The SMILES string of the molecule is CCCCCC(C)(C)CNC(=O)c1cccnc1NN. The van der Waals surface area contributed by atoms with Crippen LogP contribution in [-0.4, -0.2) is 17.4 Å². The smallest absolute Gasteiger partial charge is 0.255 e. The number of unbranched alkanes of at least 4 members (excludes halogenated alkanes) is 2. The molecule has 1 heterocycles. The summed E-state index contributed by atoms with van der Waals surface area (Å²) < 4.78 is 0. The van der Waals surface area contributed by atoms with E-state index in [1.807, 2.05) is 0 Å². The number of carbonyl (C=O) groups is 1. The van der Waals surface area contributed by atoms with Gasteiger partial charge in [0, 0.05) is 12.7 Å².